The van der Waals surface area contributed by atoms with Gasteiger partial charge in [0.05, 0.1) is 12.7 Å². The minimum Gasteiger partial charge on any atom is -0.396 e. The van der Waals surface area contributed by atoms with E-state index in [1.165, 1.54) is 0 Å². The number of aliphatic hydroxyl groups excluding tert-OH is 1. The summed E-state index contributed by atoms with van der Waals surface area (Å²) in [7, 11) is 0. The topological polar surface area (TPSA) is 38.7 Å². The van der Waals surface area contributed by atoms with Crippen molar-refractivity contribution in [3.8, 4) is 0 Å². The lowest BCUT2D eigenvalue weighted by Crippen LogP contribution is -2.25. The number of hydrogen-bond acceptors (Lipinski definition) is 3. The van der Waals surface area contributed by atoms with E-state index in [4.69, 9.17) is 14.6 Å². The van der Waals surface area contributed by atoms with Gasteiger partial charge >= 0.3 is 0 Å². The molecule has 0 aromatic rings. The monoisotopic (exact) mass is 174 g/mol. The molecule has 3 nitrogen and oxygen atoms in total. The summed E-state index contributed by atoms with van der Waals surface area (Å²) in [4.78, 5) is 0. The molecule has 1 rings (SSSR count). The molecule has 1 unspecified atom stereocenters. The van der Waals surface area contributed by atoms with Gasteiger partial charge in [0.2, 0.25) is 0 Å². The Morgan fingerprint density at radius 3 is 3.00 bits per heavy atom. The van der Waals surface area contributed by atoms with Gasteiger partial charge in [-0.15, -0.1) is 0 Å². The van der Waals surface area contributed by atoms with Crippen molar-refractivity contribution in [2.75, 3.05) is 26.4 Å². The second kappa shape index (κ2) is 6.40. The van der Waals surface area contributed by atoms with Gasteiger partial charge in [0, 0.05) is 19.8 Å². The van der Waals surface area contributed by atoms with Crippen molar-refractivity contribution in [3.63, 3.8) is 0 Å². The molecule has 0 amide bonds. The molecule has 1 aliphatic heterocycles. The van der Waals surface area contributed by atoms with Crippen LogP contribution in [0.4, 0.5) is 0 Å². The summed E-state index contributed by atoms with van der Waals surface area (Å²) < 4.78 is 10.8. The maximum atomic E-state index is 8.52. The normalized spacial score (nSPS) is 24.2. The first-order valence-corrected chi connectivity index (χ1v) is 4.73. The van der Waals surface area contributed by atoms with Crippen LogP contribution in [0.3, 0.4) is 0 Å². The van der Waals surface area contributed by atoms with E-state index in [0.717, 1.165) is 45.5 Å². The summed E-state index contributed by atoms with van der Waals surface area (Å²) in [6, 6.07) is 0. The molecule has 1 N–H and O–H groups in total. The Labute approximate surface area is 73.7 Å². The van der Waals surface area contributed by atoms with Crippen LogP contribution in [0.2, 0.25) is 0 Å². The molecule has 1 heterocycles. The Hall–Kier alpha value is -0.120. The molecule has 0 saturated carbocycles. The van der Waals surface area contributed by atoms with Crippen LogP contribution in [0, 0.1) is 0 Å². The Morgan fingerprint density at radius 2 is 2.33 bits per heavy atom. The largest absolute Gasteiger partial charge is 0.396 e. The molecule has 12 heavy (non-hydrogen) atoms. The average Bonchev–Trinajstić information content (AvgIpc) is 2.14. The molecular weight excluding hydrogens is 156 g/mol. The van der Waals surface area contributed by atoms with Crippen molar-refractivity contribution in [3.05, 3.63) is 0 Å². The van der Waals surface area contributed by atoms with Gasteiger partial charge in [-0.2, -0.15) is 0 Å². The molecule has 1 aliphatic rings. The molecule has 1 fully saturated rings. The van der Waals surface area contributed by atoms with Gasteiger partial charge in [-0.1, -0.05) is 0 Å². The zero-order valence-electron chi connectivity index (χ0n) is 7.50. The van der Waals surface area contributed by atoms with Crippen molar-refractivity contribution in [1.29, 1.82) is 0 Å². The van der Waals surface area contributed by atoms with E-state index in [2.05, 4.69) is 0 Å². The van der Waals surface area contributed by atoms with Gasteiger partial charge in [0.15, 0.2) is 0 Å². The molecule has 3 heteroatoms. The highest BCUT2D eigenvalue weighted by molar-refractivity contribution is 4.61. The lowest BCUT2D eigenvalue weighted by atomic mass is 10.2. The third-order valence-electron chi connectivity index (χ3n) is 2.02. The standard InChI is InChI=1S/C9H18O3/c10-5-1-2-7-12-9-4-3-6-11-8-9/h9-10H,1-8H2. The second-order valence-electron chi connectivity index (χ2n) is 3.14. The first kappa shape index (κ1) is 9.96. The summed E-state index contributed by atoms with van der Waals surface area (Å²) in [5.41, 5.74) is 0. The SMILES string of the molecule is OCCCCOC1CCCOC1. The maximum absolute atomic E-state index is 8.52. The number of hydrogen-bond donors (Lipinski definition) is 1. The molecular formula is C9H18O3. The number of rotatable bonds is 5. The van der Waals surface area contributed by atoms with Gasteiger partial charge < -0.3 is 14.6 Å². The van der Waals surface area contributed by atoms with Crippen LogP contribution >= 0.6 is 0 Å². The average molecular weight is 174 g/mol. The van der Waals surface area contributed by atoms with E-state index >= 15 is 0 Å². The number of unbranched alkanes of at least 4 members (excludes halogenated alkanes) is 1. The van der Waals surface area contributed by atoms with Gasteiger partial charge in [0.1, 0.15) is 0 Å². The Balaban J connectivity index is 1.91. The van der Waals surface area contributed by atoms with Crippen molar-refractivity contribution < 1.29 is 14.6 Å². The van der Waals surface area contributed by atoms with Gasteiger partial charge in [-0.25, -0.2) is 0 Å². The highest BCUT2D eigenvalue weighted by Crippen LogP contribution is 2.09. The third-order valence-corrected chi connectivity index (χ3v) is 2.02. The summed E-state index contributed by atoms with van der Waals surface area (Å²) in [6.07, 6.45) is 4.34. The number of aliphatic hydroxyl groups is 1. The zero-order valence-corrected chi connectivity index (χ0v) is 7.50. The van der Waals surface area contributed by atoms with Gasteiger partial charge in [-0.3, -0.25) is 0 Å². The highest BCUT2D eigenvalue weighted by atomic mass is 16.5. The lowest BCUT2D eigenvalue weighted by Gasteiger charge is -2.22. The summed E-state index contributed by atoms with van der Waals surface area (Å²) in [5.74, 6) is 0. The van der Waals surface area contributed by atoms with Crippen LogP contribution in [-0.2, 0) is 9.47 Å². The minimum atomic E-state index is 0.268. The van der Waals surface area contributed by atoms with E-state index in [0.29, 0.717) is 6.10 Å². The van der Waals surface area contributed by atoms with E-state index in [1.54, 1.807) is 0 Å². The smallest absolute Gasteiger partial charge is 0.0809 e. The quantitative estimate of drug-likeness (QED) is 0.631. The van der Waals surface area contributed by atoms with Crippen LogP contribution in [0.1, 0.15) is 25.7 Å². The zero-order chi connectivity index (χ0) is 8.65. The fourth-order valence-corrected chi connectivity index (χ4v) is 1.31. The highest BCUT2D eigenvalue weighted by Gasteiger charge is 2.13. The molecule has 0 aliphatic carbocycles. The van der Waals surface area contributed by atoms with E-state index in [-0.39, 0.29) is 6.61 Å². The van der Waals surface area contributed by atoms with E-state index < -0.39 is 0 Å². The van der Waals surface area contributed by atoms with Gasteiger partial charge in [-0.05, 0) is 25.7 Å². The first-order chi connectivity index (χ1) is 5.93. The van der Waals surface area contributed by atoms with Crippen LogP contribution in [0.5, 0.6) is 0 Å². The maximum Gasteiger partial charge on any atom is 0.0809 e. The summed E-state index contributed by atoms with van der Waals surface area (Å²) >= 11 is 0. The molecule has 0 aromatic heterocycles. The fourth-order valence-electron chi connectivity index (χ4n) is 1.31. The van der Waals surface area contributed by atoms with Crippen LogP contribution < -0.4 is 0 Å². The summed E-state index contributed by atoms with van der Waals surface area (Å²) in [6.45, 7) is 2.66. The van der Waals surface area contributed by atoms with Crippen molar-refractivity contribution >= 4 is 0 Å². The second-order valence-corrected chi connectivity index (χ2v) is 3.14. The van der Waals surface area contributed by atoms with E-state index in [1.807, 2.05) is 0 Å². The van der Waals surface area contributed by atoms with Crippen molar-refractivity contribution in [1.82, 2.24) is 0 Å². The molecule has 0 spiro atoms. The predicted molar refractivity (Wildman–Crippen MR) is 46.1 cm³/mol. The molecule has 0 bridgehead atoms. The first-order valence-electron chi connectivity index (χ1n) is 4.73. The van der Waals surface area contributed by atoms with Crippen LogP contribution in [0.15, 0.2) is 0 Å². The Kier molecular flexibility index (Phi) is 5.32. The lowest BCUT2D eigenvalue weighted by molar-refractivity contribution is -0.0511. The van der Waals surface area contributed by atoms with Crippen LogP contribution in [-0.4, -0.2) is 37.6 Å². The van der Waals surface area contributed by atoms with Gasteiger partial charge in [0.25, 0.3) is 0 Å². The predicted octanol–water partition coefficient (Wildman–Crippen LogP) is 0.954. The third kappa shape index (κ3) is 4.04. The van der Waals surface area contributed by atoms with Crippen molar-refractivity contribution in [2.45, 2.75) is 31.8 Å². The van der Waals surface area contributed by atoms with Crippen molar-refractivity contribution in [2.24, 2.45) is 0 Å². The van der Waals surface area contributed by atoms with E-state index in [9.17, 15) is 0 Å². The molecule has 1 atom stereocenters. The minimum absolute atomic E-state index is 0.268. The number of ether oxygens (including phenoxy) is 2. The summed E-state index contributed by atoms with van der Waals surface area (Å²) in [5, 5.41) is 8.52. The molecule has 72 valence electrons. The Morgan fingerprint density at radius 1 is 1.42 bits per heavy atom. The molecule has 0 radical (unpaired) electrons. The fraction of sp³-hybridized carbons (Fsp3) is 1.00. The Bertz CT molecular complexity index is 99.9. The van der Waals surface area contributed by atoms with Crippen LogP contribution in [0.25, 0.3) is 0 Å². The molecule has 0 aromatic carbocycles. The molecule has 1 saturated heterocycles.